The quantitative estimate of drug-likeness (QED) is 0.831. The van der Waals surface area contributed by atoms with Gasteiger partial charge in [-0.1, -0.05) is 19.1 Å². The maximum Gasteiger partial charge on any atom is 0.243 e. The molecule has 2 saturated heterocycles. The largest absolute Gasteiger partial charge is 0.381 e. The lowest BCUT2D eigenvalue weighted by Gasteiger charge is -2.37. The molecule has 2 fully saturated rings. The van der Waals surface area contributed by atoms with E-state index in [1.54, 1.807) is 12.1 Å². The van der Waals surface area contributed by atoms with Crippen molar-refractivity contribution in [2.45, 2.75) is 51.0 Å². The molecule has 6 nitrogen and oxygen atoms in total. The van der Waals surface area contributed by atoms with Gasteiger partial charge < -0.3 is 10.1 Å². The summed E-state index contributed by atoms with van der Waals surface area (Å²) in [6, 6.07) is 7.09. The third-order valence-corrected chi connectivity index (χ3v) is 7.65. The number of ether oxygens (including phenoxy) is 1. The summed E-state index contributed by atoms with van der Waals surface area (Å²) in [5.41, 5.74) is 0.763. The van der Waals surface area contributed by atoms with E-state index in [1.165, 1.54) is 4.31 Å². The maximum atomic E-state index is 13.2. The van der Waals surface area contributed by atoms with Gasteiger partial charge in [0.25, 0.3) is 0 Å². The van der Waals surface area contributed by atoms with Crippen molar-refractivity contribution in [2.24, 2.45) is 11.3 Å². The molecule has 1 N–H and O–H groups in total. The second kappa shape index (κ2) is 7.89. The number of rotatable bonds is 5. The topological polar surface area (TPSA) is 75.7 Å². The minimum absolute atomic E-state index is 0.0293. The van der Waals surface area contributed by atoms with Gasteiger partial charge in [-0.05, 0) is 50.8 Å². The number of aryl methyl sites for hydroxylation is 1. The van der Waals surface area contributed by atoms with Gasteiger partial charge in [0.05, 0.1) is 10.8 Å². The monoisotopic (exact) mass is 394 g/mol. The smallest absolute Gasteiger partial charge is 0.243 e. The van der Waals surface area contributed by atoms with E-state index in [9.17, 15) is 13.2 Å². The Hall–Kier alpha value is -1.44. The van der Waals surface area contributed by atoms with E-state index in [4.69, 9.17) is 4.74 Å². The van der Waals surface area contributed by atoms with Crippen LogP contribution in [0.3, 0.4) is 0 Å². The van der Waals surface area contributed by atoms with Crippen LogP contribution in [0.5, 0.6) is 0 Å². The predicted molar refractivity (Wildman–Crippen MR) is 104 cm³/mol. The molecule has 27 heavy (non-hydrogen) atoms. The Labute approximate surface area is 162 Å². The highest BCUT2D eigenvalue weighted by Crippen LogP contribution is 2.46. The SMILES string of the molecule is CCc1ccc(S(=O)(=O)N2C[C@@H](C(=O)NC(C)C)C3(CCOCC3)C2)cc1. The molecule has 7 heteroatoms. The molecular formula is C20H30N2O4S. The number of benzene rings is 1. The summed E-state index contributed by atoms with van der Waals surface area (Å²) in [6.07, 6.45) is 2.29. The zero-order chi connectivity index (χ0) is 19.7. The van der Waals surface area contributed by atoms with Crippen LogP contribution in [0.4, 0.5) is 0 Å². The molecule has 150 valence electrons. The molecule has 1 aromatic carbocycles. The van der Waals surface area contributed by atoms with Gasteiger partial charge in [-0.2, -0.15) is 4.31 Å². The fourth-order valence-corrected chi connectivity index (χ4v) is 5.73. The number of nitrogens with zero attached hydrogens (tertiary/aromatic N) is 1. The van der Waals surface area contributed by atoms with Gasteiger partial charge in [-0.25, -0.2) is 8.42 Å². The van der Waals surface area contributed by atoms with Crippen LogP contribution in [0.15, 0.2) is 29.2 Å². The van der Waals surface area contributed by atoms with Crippen molar-refractivity contribution in [3.63, 3.8) is 0 Å². The molecule has 1 amide bonds. The second-order valence-corrected chi connectivity index (χ2v) is 9.92. The molecule has 3 rings (SSSR count). The van der Waals surface area contributed by atoms with Crippen LogP contribution >= 0.6 is 0 Å². The first-order chi connectivity index (χ1) is 12.8. The molecule has 0 aliphatic carbocycles. The summed E-state index contributed by atoms with van der Waals surface area (Å²) in [7, 11) is -3.62. The van der Waals surface area contributed by atoms with Crippen LogP contribution < -0.4 is 5.32 Å². The Balaban J connectivity index is 1.88. The molecule has 1 atom stereocenters. The summed E-state index contributed by atoms with van der Waals surface area (Å²) in [4.78, 5) is 13.1. The van der Waals surface area contributed by atoms with E-state index < -0.39 is 10.0 Å². The first-order valence-electron chi connectivity index (χ1n) is 9.76. The van der Waals surface area contributed by atoms with Gasteiger partial charge in [-0.3, -0.25) is 4.79 Å². The fourth-order valence-electron chi connectivity index (χ4n) is 4.18. The summed E-state index contributed by atoms with van der Waals surface area (Å²) in [5.74, 6) is -0.389. The number of hydrogen-bond donors (Lipinski definition) is 1. The molecule has 1 aromatic rings. The Bertz CT molecular complexity index is 768. The fraction of sp³-hybridized carbons (Fsp3) is 0.650. The number of hydrogen-bond acceptors (Lipinski definition) is 4. The van der Waals surface area contributed by atoms with E-state index >= 15 is 0 Å². The first-order valence-corrected chi connectivity index (χ1v) is 11.2. The average molecular weight is 395 g/mol. The van der Waals surface area contributed by atoms with Gasteiger partial charge >= 0.3 is 0 Å². The van der Waals surface area contributed by atoms with E-state index in [0.29, 0.717) is 37.5 Å². The minimum atomic E-state index is -3.62. The van der Waals surface area contributed by atoms with Crippen LogP contribution in [0, 0.1) is 11.3 Å². The van der Waals surface area contributed by atoms with Crippen molar-refractivity contribution in [3.05, 3.63) is 29.8 Å². The first kappa shape index (κ1) is 20.3. The van der Waals surface area contributed by atoms with Crippen LogP contribution in [-0.4, -0.2) is 51.0 Å². The number of nitrogens with one attached hydrogen (secondary N) is 1. The average Bonchev–Trinajstić information content (AvgIpc) is 3.01. The third-order valence-electron chi connectivity index (χ3n) is 5.82. The van der Waals surface area contributed by atoms with Gasteiger partial charge in [0.2, 0.25) is 15.9 Å². The molecule has 2 aliphatic heterocycles. The van der Waals surface area contributed by atoms with Gasteiger partial charge in [0.1, 0.15) is 0 Å². The van der Waals surface area contributed by atoms with Crippen LogP contribution in [-0.2, 0) is 26.0 Å². The van der Waals surface area contributed by atoms with Crippen molar-refractivity contribution >= 4 is 15.9 Å². The Kier molecular flexibility index (Phi) is 5.93. The number of carbonyl (C=O) groups excluding carboxylic acids is 1. The molecule has 0 bridgehead atoms. The van der Waals surface area contributed by atoms with Gasteiger partial charge in [0.15, 0.2) is 0 Å². The predicted octanol–water partition coefficient (Wildman–Crippen LogP) is 2.19. The van der Waals surface area contributed by atoms with Crippen molar-refractivity contribution in [1.82, 2.24) is 9.62 Å². The second-order valence-electron chi connectivity index (χ2n) is 7.99. The molecular weight excluding hydrogens is 364 g/mol. The lowest BCUT2D eigenvalue weighted by Crippen LogP contribution is -2.46. The normalized spacial score (nSPS) is 23.0. The Morgan fingerprint density at radius 1 is 1.26 bits per heavy atom. The zero-order valence-corrected chi connectivity index (χ0v) is 17.2. The minimum Gasteiger partial charge on any atom is -0.381 e. The number of sulfonamides is 1. The standard InChI is InChI=1S/C20H30N2O4S/c1-4-16-5-7-17(8-6-16)27(24,25)22-13-18(19(23)21-15(2)3)20(14-22)9-11-26-12-10-20/h5-8,15,18H,4,9-14H2,1-3H3,(H,21,23)/t18-/m0/s1. The molecule has 1 spiro atoms. The van der Waals surface area contributed by atoms with Gasteiger partial charge in [0, 0.05) is 37.8 Å². The van der Waals surface area contributed by atoms with Crippen LogP contribution in [0.2, 0.25) is 0 Å². The summed E-state index contributed by atoms with van der Waals surface area (Å²) < 4.78 is 33.4. The molecule has 0 aromatic heterocycles. The highest BCUT2D eigenvalue weighted by Gasteiger charge is 2.53. The number of carbonyl (C=O) groups is 1. The van der Waals surface area contributed by atoms with Crippen molar-refractivity contribution in [1.29, 1.82) is 0 Å². The van der Waals surface area contributed by atoms with Crippen molar-refractivity contribution < 1.29 is 17.9 Å². The molecule has 0 saturated carbocycles. The van der Waals surface area contributed by atoms with Crippen LogP contribution in [0.1, 0.15) is 39.2 Å². The Morgan fingerprint density at radius 3 is 2.44 bits per heavy atom. The van der Waals surface area contributed by atoms with E-state index in [2.05, 4.69) is 5.32 Å². The van der Waals surface area contributed by atoms with Gasteiger partial charge in [-0.15, -0.1) is 0 Å². The molecule has 0 radical (unpaired) electrons. The maximum absolute atomic E-state index is 13.2. The lowest BCUT2D eigenvalue weighted by molar-refractivity contribution is -0.130. The van der Waals surface area contributed by atoms with Crippen molar-refractivity contribution in [2.75, 3.05) is 26.3 Å². The molecule has 2 heterocycles. The van der Waals surface area contributed by atoms with E-state index in [-0.39, 0.29) is 29.8 Å². The number of amides is 1. The zero-order valence-electron chi connectivity index (χ0n) is 16.4. The summed E-state index contributed by atoms with van der Waals surface area (Å²) in [5, 5.41) is 2.98. The van der Waals surface area contributed by atoms with E-state index in [1.807, 2.05) is 32.9 Å². The summed E-state index contributed by atoms with van der Waals surface area (Å²) >= 11 is 0. The molecule has 2 aliphatic rings. The highest BCUT2D eigenvalue weighted by atomic mass is 32.2. The Morgan fingerprint density at radius 2 is 1.89 bits per heavy atom. The van der Waals surface area contributed by atoms with Crippen molar-refractivity contribution in [3.8, 4) is 0 Å². The van der Waals surface area contributed by atoms with Crippen LogP contribution in [0.25, 0.3) is 0 Å². The lowest BCUT2D eigenvalue weighted by atomic mass is 9.71. The third kappa shape index (κ3) is 4.05. The van der Waals surface area contributed by atoms with E-state index in [0.717, 1.165) is 12.0 Å². The summed E-state index contributed by atoms with van der Waals surface area (Å²) in [6.45, 7) is 7.65. The highest BCUT2D eigenvalue weighted by molar-refractivity contribution is 7.89. The molecule has 0 unspecified atom stereocenters.